The molecule has 6 nitrogen and oxygen atoms in total. The number of carbonyl (C=O) groups excluding carboxylic acids is 1. The van der Waals surface area contributed by atoms with Crippen molar-refractivity contribution in [2.24, 2.45) is 5.92 Å². The van der Waals surface area contributed by atoms with Crippen molar-refractivity contribution in [1.29, 1.82) is 5.26 Å². The zero-order valence-electron chi connectivity index (χ0n) is 25.2. The van der Waals surface area contributed by atoms with Crippen LogP contribution in [-0.4, -0.2) is 12.4 Å². The lowest BCUT2D eigenvalue weighted by atomic mass is 9.72. The van der Waals surface area contributed by atoms with E-state index in [-0.39, 0.29) is 18.2 Å². The number of benzene rings is 3. The summed E-state index contributed by atoms with van der Waals surface area (Å²) < 4.78 is 32.1. The van der Waals surface area contributed by atoms with Crippen molar-refractivity contribution in [2.75, 3.05) is 6.61 Å². The largest absolute Gasteiger partial charge is 0.490 e. The normalized spacial score (nSPS) is 18.0. The highest BCUT2D eigenvalue weighted by Crippen LogP contribution is 2.47. The number of carbonyl (C=O) groups is 1. The van der Waals surface area contributed by atoms with Crippen molar-refractivity contribution in [3.05, 3.63) is 110 Å². The lowest BCUT2D eigenvalue weighted by Gasteiger charge is -2.35. The predicted octanol–water partition coefficient (Wildman–Crippen LogP) is 8.66. The number of allylic oxidation sites excluding steroid dienone is 4. The second-order valence-electron chi connectivity index (χ2n) is 11.2. The molecule has 1 N–H and O–H groups in total. The van der Waals surface area contributed by atoms with Gasteiger partial charge in [-0.3, -0.25) is 4.79 Å². The van der Waals surface area contributed by atoms with Gasteiger partial charge in [0.1, 0.15) is 24.8 Å². The summed E-state index contributed by atoms with van der Waals surface area (Å²) in [6.07, 6.45) is 3.32. The van der Waals surface area contributed by atoms with Crippen LogP contribution >= 0.6 is 15.9 Å². The molecule has 0 saturated carbocycles. The monoisotopic (exact) mass is 658 g/mol. The number of nitrogens with zero attached hydrogens (tertiary/aromatic N) is 1. The van der Waals surface area contributed by atoms with E-state index in [1.165, 1.54) is 12.1 Å². The summed E-state index contributed by atoms with van der Waals surface area (Å²) in [6, 6.07) is 20.0. The third-order valence-corrected chi connectivity index (χ3v) is 8.58. The first-order chi connectivity index (χ1) is 21.3. The highest BCUT2D eigenvalue weighted by Gasteiger charge is 2.39. The van der Waals surface area contributed by atoms with Crippen LogP contribution in [0.25, 0.3) is 0 Å². The lowest BCUT2D eigenvalue weighted by molar-refractivity contribution is -0.117. The number of ether oxygens (including phenoxy) is 3. The highest BCUT2D eigenvalue weighted by atomic mass is 79.9. The first kappa shape index (κ1) is 31.3. The molecular weight excluding hydrogens is 623 g/mol. The number of nitrogens with one attached hydrogen (secondary N) is 1. The van der Waals surface area contributed by atoms with E-state index in [0.717, 1.165) is 47.3 Å². The van der Waals surface area contributed by atoms with E-state index in [1.807, 2.05) is 50.2 Å². The molecular formula is C36H36BrFN2O4. The first-order valence-corrected chi connectivity index (χ1v) is 15.8. The summed E-state index contributed by atoms with van der Waals surface area (Å²) in [5, 5.41) is 13.6. The third-order valence-electron chi connectivity index (χ3n) is 7.99. The molecule has 0 amide bonds. The van der Waals surface area contributed by atoms with Crippen LogP contribution in [0, 0.1) is 23.1 Å². The van der Waals surface area contributed by atoms with Gasteiger partial charge in [0.05, 0.1) is 28.6 Å². The summed E-state index contributed by atoms with van der Waals surface area (Å²) in [7, 11) is 0. The molecule has 0 spiro atoms. The second-order valence-corrected chi connectivity index (χ2v) is 12.1. The van der Waals surface area contributed by atoms with Gasteiger partial charge in [0.25, 0.3) is 0 Å². The summed E-state index contributed by atoms with van der Waals surface area (Å²) in [5.41, 5.74) is 5.49. The van der Waals surface area contributed by atoms with E-state index < -0.39 is 5.92 Å². The second kappa shape index (κ2) is 14.1. The fourth-order valence-electron chi connectivity index (χ4n) is 6.00. The van der Waals surface area contributed by atoms with Gasteiger partial charge in [-0.15, -0.1) is 0 Å². The molecule has 228 valence electrons. The molecule has 0 aromatic heterocycles. The minimum absolute atomic E-state index is 0.0957. The molecule has 3 aromatic rings. The average Bonchev–Trinajstić information content (AvgIpc) is 3.00. The molecule has 0 saturated heterocycles. The Morgan fingerprint density at radius 3 is 2.50 bits per heavy atom. The number of hydrogen-bond acceptors (Lipinski definition) is 6. The van der Waals surface area contributed by atoms with Crippen LogP contribution in [0.2, 0.25) is 0 Å². The van der Waals surface area contributed by atoms with Crippen LogP contribution in [0.5, 0.6) is 17.2 Å². The van der Waals surface area contributed by atoms with Crippen molar-refractivity contribution in [3.63, 3.8) is 0 Å². The molecule has 2 atom stereocenters. The van der Waals surface area contributed by atoms with Crippen LogP contribution in [0.15, 0.2) is 87.7 Å². The average molecular weight is 660 g/mol. The van der Waals surface area contributed by atoms with Crippen molar-refractivity contribution in [1.82, 2.24) is 5.32 Å². The standard InChI is InChI=1S/C36H36BrFN2O4/c1-4-7-24-15-31-35(32(41)16-24)34(29(19-39)22(3)40-31)26-17-30(37)36(33(18-26)42-5-2)44-21-25-8-6-9-28(14-25)43-20-23-10-12-27(38)13-11-23/h6,8-14,17-18,24,34,40H,4-5,7,15-16,20-21H2,1-3H3. The Bertz CT molecular complexity index is 1640. The SMILES string of the molecule is CCCC1CC(=O)C2=C(C1)NC(C)=C(C#N)C2c1cc(Br)c(OCc2cccc(OCc3ccc(F)cc3)c2)c(OCC)c1. The molecule has 1 heterocycles. The topological polar surface area (TPSA) is 80.6 Å². The van der Waals surface area contributed by atoms with Crippen molar-refractivity contribution >= 4 is 21.7 Å². The summed E-state index contributed by atoms with van der Waals surface area (Å²) in [6.45, 7) is 6.94. The Hall–Kier alpha value is -4.09. The maximum absolute atomic E-state index is 13.5. The maximum Gasteiger partial charge on any atom is 0.175 e. The molecule has 0 fully saturated rings. The smallest absolute Gasteiger partial charge is 0.175 e. The number of halogens is 2. The molecule has 44 heavy (non-hydrogen) atoms. The lowest BCUT2D eigenvalue weighted by Crippen LogP contribution is -2.34. The fraction of sp³-hybridized carbons (Fsp3) is 0.333. The number of dihydropyridines is 1. The van der Waals surface area contributed by atoms with Gasteiger partial charge in [0.2, 0.25) is 0 Å². The Morgan fingerprint density at radius 2 is 1.77 bits per heavy atom. The summed E-state index contributed by atoms with van der Waals surface area (Å²) in [4.78, 5) is 13.5. The van der Waals surface area contributed by atoms with Crippen LogP contribution in [-0.2, 0) is 18.0 Å². The predicted molar refractivity (Wildman–Crippen MR) is 171 cm³/mol. The van der Waals surface area contributed by atoms with Crippen LogP contribution in [0.3, 0.4) is 0 Å². The number of ketones is 1. The molecule has 2 aliphatic rings. The van der Waals surface area contributed by atoms with E-state index in [2.05, 4.69) is 34.2 Å². The zero-order chi connectivity index (χ0) is 31.2. The van der Waals surface area contributed by atoms with E-state index in [0.29, 0.717) is 58.4 Å². The van der Waals surface area contributed by atoms with Crippen LogP contribution in [0.1, 0.15) is 69.1 Å². The van der Waals surface area contributed by atoms with Gasteiger partial charge in [-0.25, -0.2) is 4.39 Å². The molecule has 0 bridgehead atoms. The highest BCUT2D eigenvalue weighted by molar-refractivity contribution is 9.10. The maximum atomic E-state index is 13.5. The van der Waals surface area contributed by atoms with E-state index >= 15 is 0 Å². The molecule has 3 aromatic carbocycles. The quantitative estimate of drug-likeness (QED) is 0.222. The Labute approximate surface area is 266 Å². The van der Waals surface area contributed by atoms with Gasteiger partial charge in [-0.1, -0.05) is 37.6 Å². The summed E-state index contributed by atoms with van der Waals surface area (Å²) in [5.74, 6) is 1.39. The molecule has 1 aliphatic heterocycles. The van der Waals surface area contributed by atoms with Gasteiger partial charge in [0, 0.05) is 23.4 Å². The zero-order valence-corrected chi connectivity index (χ0v) is 26.8. The van der Waals surface area contributed by atoms with Crippen molar-refractivity contribution < 1.29 is 23.4 Å². The summed E-state index contributed by atoms with van der Waals surface area (Å²) >= 11 is 3.70. The van der Waals surface area contributed by atoms with E-state index in [9.17, 15) is 14.4 Å². The van der Waals surface area contributed by atoms with E-state index in [4.69, 9.17) is 14.2 Å². The Balaban J connectivity index is 1.39. The van der Waals surface area contributed by atoms with Gasteiger partial charge in [-0.05, 0) is 102 Å². The molecule has 8 heteroatoms. The van der Waals surface area contributed by atoms with Crippen molar-refractivity contribution in [3.8, 4) is 23.3 Å². The van der Waals surface area contributed by atoms with Crippen LogP contribution < -0.4 is 19.5 Å². The van der Waals surface area contributed by atoms with Gasteiger partial charge >= 0.3 is 0 Å². The minimum atomic E-state index is -0.481. The third kappa shape index (κ3) is 7.00. The minimum Gasteiger partial charge on any atom is -0.490 e. The van der Waals surface area contributed by atoms with Crippen LogP contribution in [0.4, 0.5) is 4.39 Å². The van der Waals surface area contributed by atoms with E-state index in [1.54, 1.807) is 12.1 Å². The molecule has 5 rings (SSSR count). The number of rotatable bonds is 11. The number of nitriles is 1. The van der Waals surface area contributed by atoms with Gasteiger partial charge in [-0.2, -0.15) is 5.26 Å². The Morgan fingerprint density at radius 1 is 1.00 bits per heavy atom. The van der Waals surface area contributed by atoms with Gasteiger partial charge < -0.3 is 19.5 Å². The van der Waals surface area contributed by atoms with Gasteiger partial charge in [0.15, 0.2) is 17.3 Å². The Kier molecular flexibility index (Phi) is 10.1. The first-order valence-electron chi connectivity index (χ1n) is 15.0. The molecule has 0 radical (unpaired) electrons. The number of Topliss-reactive ketones (excluding diaryl/α,β-unsaturated/α-hetero) is 1. The molecule has 2 unspecified atom stereocenters. The fourth-order valence-corrected chi connectivity index (χ4v) is 6.57. The molecule has 1 aliphatic carbocycles. The van der Waals surface area contributed by atoms with Crippen molar-refractivity contribution in [2.45, 2.75) is 65.6 Å². The number of hydrogen-bond donors (Lipinski definition) is 1.